The van der Waals surface area contributed by atoms with Gasteiger partial charge in [0, 0.05) is 56.1 Å². The quantitative estimate of drug-likeness (QED) is 0.0220. The number of Topliss-reactive ketones (excluding diaryl/α,β-unsaturated/α-hetero) is 1. The number of carbonyl (C=O) groups is 4. The molecule has 13 heteroatoms. The molecule has 0 saturated heterocycles. The molecule has 1 fully saturated rings. The molecule has 2 aliphatic carbocycles. The molecule has 3 rings (SSSR count). The summed E-state index contributed by atoms with van der Waals surface area (Å²) in [7, 11) is -1.15. The van der Waals surface area contributed by atoms with Gasteiger partial charge >= 0.3 is 11.9 Å². The SMILES string of the molecule is COC(=O)[C@@H](N=[N+]=[N-])[C@H](CCNC(=O)/C=C/C#CC[C@@H]1[C@H]2C=C[C@H](C)[C@H]2C(=O)[C@H]1/C=C/CCCC1=CC(=O)OC(C)(C)O1)O[Si](C)(C)C(C)(C)C. The second-order valence-electron chi connectivity index (χ2n) is 15.3. The van der Waals surface area contributed by atoms with Crippen molar-refractivity contribution in [3.05, 3.63) is 58.7 Å². The summed E-state index contributed by atoms with van der Waals surface area (Å²) in [6.07, 6.45) is 14.6. The van der Waals surface area contributed by atoms with E-state index in [9.17, 15) is 19.2 Å². The average molecular weight is 723 g/mol. The lowest BCUT2D eigenvalue weighted by Gasteiger charge is -2.40. The summed E-state index contributed by atoms with van der Waals surface area (Å²) in [6.45, 7) is 15.9. The molecule has 1 amide bonds. The van der Waals surface area contributed by atoms with Gasteiger partial charge in [0.2, 0.25) is 11.7 Å². The molecule has 7 atom stereocenters. The number of hydrogen-bond donors (Lipinski definition) is 1. The van der Waals surface area contributed by atoms with Gasteiger partial charge in [-0.1, -0.05) is 69.0 Å². The van der Waals surface area contributed by atoms with E-state index in [0.717, 1.165) is 12.8 Å². The lowest BCUT2D eigenvalue weighted by Crippen LogP contribution is -2.49. The number of cyclic esters (lactones) is 1. The van der Waals surface area contributed by atoms with Crippen LogP contribution in [0, 0.1) is 41.4 Å². The molecular weight excluding hydrogens is 669 g/mol. The second-order valence-corrected chi connectivity index (χ2v) is 20.1. The Labute approximate surface area is 303 Å². The summed E-state index contributed by atoms with van der Waals surface area (Å²) in [5, 5.41) is 6.28. The van der Waals surface area contributed by atoms with Crippen LogP contribution in [0.4, 0.5) is 0 Å². The molecule has 12 nitrogen and oxygen atoms in total. The minimum atomic E-state index is -2.37. The predicted octanol–water partition coefficient (Wildman–Crippen LogP) is 6.86. The minimum absolute atomic E-state index is 0.0336. The maximum atomic E-state index is 13.5. The molecule has 0 aromatic rings. The van der Waals surface area contributed by atoms with E-state index in [-0.39, 0.29) is 59.3 Å². The number of nitrogens with one attached hydrogen (secondary N) is 1. The number of fused-ring (bicyclic) bond motifs is 1. The van der Waals surface area contributed by atoms with Crippen molar-refractivity contribution in [2.45, 2.75) is 110 Å². The van der Waals surface area contributed by atoms with Gasteiger partial charge in [0.15, 0.2) is 14.4 Å². The van der Waals surface area contributed by atoms with Crippen LogP contribution >= 0.6 is 0 Å². The fourth-order valence-corrected chi connectivity index (χ4v) is 7.85. The average Bonchev–Trinajstić information content (AvgIpc) is 3.53. The lowest BCUT2D eigenvalue weighted by atomic mass is 9.85. The molecule has 3 aliphatic rings. The molecule has 1 heterocycles. The zero-order valence-corrected chi connectivity index (χ0v) is 32.4. The van der Waals surface area contributed by atoms with Gasteiger partial charge < -0.3 is 24.0 Å². The Morgan fingerprint density at radius 2 is 1.94 bits per heavy atom. The van der Waals surface area contributed by atoms with Crippen molar-refractivity contribution in [2.24, 2.45) is 34.7 Å². The van der Waals surface area contributed by atoms with Crippen molar-refractivity contribution in [3.63, 3.8) is 0 Å². The number of amides is 1. The van der Waals surface area contributed by atoms with Crippen LogP contribution in [0.3, 0.4) is 0 Å². The first-order valence-electron chi connectivity index (χ1n) is 17.6. The molecule has 0 unspecified atom stereocenters. The molecule has 1 aliphatic heterocycles. The van der Waals surface area contributed by atoms with Crippen molar-refractivity contribution < 1.29 is 37.8 Å². The Hall–Kier alpha value is -4.11. The third-order valence-corrected chi connectivity index (χ3v) is 14.6. The fourth-order valence-electron chi connectivity index (χ4n) is 6.49. The van der Waals surface area contributed by atoms with Gasteiger partial charge in [0.05, 0.1) is 19.3 Å². The summed E-state index contributed by atoms with van der Waals surface area (Å²) in [5.41, 5.74) is 9.09. The molecular formula is C38H54N4O8Si. The number of ketones is 1. The molecule has 1 N–H and O–H groups in total. The van der Waals surface area contributed by atoms with Gasteiger partial charge in [0.25, 0.3) is 0 Å². The standard InChI is InChI=1S/C38H54N4O8Si/c1-25-20-21-28-27(29(35(45)33(25)28)18-14-10-12-16-26-24-32(44)49-38(5,6)48-26)17-13-11-15-19-31(43)40-23-22-30(34(41-42-39)36(46)47-7)50-51(8,9)37(2,3)4/h14-15,18-21,24-25,27-30,33-34H,10,12,16-17,22-23H2,1-9H3,(H,40,43)/b18-14+,19-15+/t25-,27+,28+,29-,30-,33+,34-/m0/s1. The molecule has 0 bridgehead atoms. The largest absolute Gasteiger partial charge is 0.469 e. The first-order chi connectivity index (χ1) is 23.9. The van der Waals surface area contributed by atoms with E-state index in [4.69, 9.17) is 24.2 Å². The Kier molecular flexibility index (Phi) is 14.5. The van der Waals surface area contributed by atoms with Crippen molar-refractivity contribution in [1.29, 1.82) is 0 Å². The van der Waals surface area contributed by atoms with Crippen LogP contribution in [-0.4, -0.2) is 63.5 Å². The topological polar surface area (TPSA) is 166 Å². The number of nitrogens with zero attached hydrogens (tertiary/aromatic N) is 3. The van der Waals surface area contributed by atoms with Crippen LogP contribution < -0.4 is 5.32 Å². The summed E-state index contributed by atoms with van der Waals surface area (Å²) in [6, 6.07) is -1.19. The van der Waals surface area contributed by atoms with Gasteiger partial charge in [-0.05, 0) is 66.8 Å². The predicted molar refractivity (Wildman–Crippen MR) is 196 cm³/mol. The monoisotopic (exact) mass is 722 g/mol. The van der Waals surface area contributed by atoms with E-state index < -0.39 is 38.2 Å². The van der Waals surface area contributed by atoms with Crippen LogP contribution in [0.2, 0.25) is 18.1 Å². The van der Waals surface area contributed by atoms with Crippen molar-refractivity contribution in [2.75, 3.05) is 13.7 Å². The van der Waals surface area contributed by atoms with Crippen molar-refractivity contribution >= 4 is 31.9 Å². The van der Waals surface area contributed by atoms with Gasteiger partial charge in [-0.3, -0.25) is 14.4 Å². The van der Waals surface area contributed by atoms with Gasteiger partial charge in [-0.2, -0.15) is 0 Å². The molecule has 0 radical (unpaired) electrons. The van der Waals surface area contributed by atoms with E-state index in [0.29, 0.717) is 18.6 Å². The normalized spacial score (nSPS) is 25.2. The van der Waals surface area contributed by atoms with Gasteiger partial charge in [-0.15, -0.1) is 0 Å². The van der Waals surface area contributed by atoms with Crippen LogP contribution in [0.5, 0.6) is 0 Å². The summed E-state index contributed by atoms with van der Waals surface area (Å²) in [5.74, 6) is 4.55. The van der Waals surface area contributed by atoms with E-state index in [1.807, 2.05) is 25.2 Å². The first-order valence-corrected chi connectivity index (χ1v) is 20.6. The number of rotatable bonds is 15. The molecule has 0 aromatic heterocycles. The summed E-state index contributed by atoms with van der Waals surface area (Å²) >= 11 is 0. The lowest BCUT2D eigenvalue weighted by molar-refractivity contribution is -0.206. The van der Waals surface area contributed by atoms with Crippen LogP contribution in [0.15, 0.2) is 53.4 Å². The zero-order valence-electron chi connectivity index (χ0n) is 31.4. The number of esters is 2. The number of ether oxygens (including phenoxy) is 3. The molecule has 51 heavy (non-hydrogen) atoms. The Morgan fingerprint density at radius 3 is 2.59 bits per heavy atom. The number of methoxy groups -OCH3 is 1. The van der Waals surface area contributed by atoms with Crippen molar-refractivity contribution in [3.8, 4) is 11.8 Å². The Balaban J connectivity index is 1.57. The minimum Gasteiger partial charge on any atom is -0.469 e. The van der Waals surface area contributed by atoms with E-state index >= 15 is 0 Å². The molecule has 0 spiro atoms. The van der Waals surface area contributed by atoms with E-state index in [1.54, 1.807) is 13.8 Å². The maximum Gasteiger partial charge on any atom is 0.337 e. The summed E-state index contributed by atoms with van der Waals surface area (Å²) < 4.78 is 22.2. The molecule has 1 saturated carbocycles. The Bertz CT molecular complexity index is 1540. The highest BCUT2D eigenvalue weighted by Crippen LogP contribution is 2.49. The fraction of sp³-hybridized carbons (Fsp3) is 0.632. The molecule has 278 valence electrons. The highest BCUT2D eigenvalue weighted by Gasteiger charge is 2.50. The third kappa shape index (κ3) is 11.4. The molecule has 0 aromatic carbocycles. The highest BCUT2D eigenvalue weighted by atomic mass is 28.4. The number of allylic oxidation sites excluding steroid dienone is 6. The van der Waals surface area contributed by atoms with Crippen LogP contribution in [0.25, 0.3) is 10.4 Å². The number of azide groups is 1. The van der Waals surface area contributed by atoms with Gasteiger partial charge in [-0.25, -0.2) is 4.79 Å². The summed E-state index contributed by atoms with van der Waals surface area (Å²) in [4.78, 5) is 53.1. The Morgan fingerprint density at radius 1 is 1.22 bits per heavy atom. The number of unbranched alkanes of at least 4 members (excludes halogenated alkanes) is 1. The maximum absolute atomic E-state index is 13.5. The van der Waals surface area contributed by atoms with Crippen LogP contribution in [-0.2, 0) is 37.8 Å². The van der Waals surface area contributed by atoms with Crippen molar-refractivity contribution in [1.82, 2.24) is 5.32 Å². The third-order valence-electron chi connectivity index (χ3n) is 10.1. The number of hydrogen-bond acceptors (Lipinski definition) is 9. The second kappa shape index (κ2) is 17.9. The van der Waals surface area contributed by atoms with E-state index in [2.05, 4.69) is 67.0 Å². The zero-order chi connectivity index (χ0) is 38.0. The highest BCUT2D eigenvalue weighted by molar-refractivity contribution is 6.74. The van der Waals surface area contributed by atoms with Crippen LogP contribution in [0.1, 0.15) is 73.6 Å². The van der Waals surface area contributed by atoms with Gasteiger partial charge in [0.1, 0.15) is 11.5 Å². The smallest absolute Gasteiger partial charge is 0.337 e. The van der Waals surface area contributed by atoms with E-state index in [1.165, 1.54) is 25.3 Å². The first kappa shape index (κ1) is 41.3. The number of carbonyl (C=O) groups excluding carboxylic acids is 4.